The quantitative estimate of drug-likeness (QED) is 0.434. The number of fused-ring (bicyclic) bond motifs is 1. The minimum absolute atomic E-state index is 0.366. The van der Waals surface area contributed by atoms with Crippen molar-refractivity contribution >= 4 is 5.96 Å². The summed E-state index contributed by atoms with van der Waals surface area (Å²) in [6.07, 6.45) is 1.11. The van der Waals surface area contributed by atoms with E-state index in [-0.39, 0.29) is 0 Å². The first-order valence-electron chi connectivity index (χ1n) is 11.3. The molecule has 0 aromatic heterocycles. The Balaban J connectivity index is 1.49. The van der Waals surface area contributed by atoms with E-state index in [0.717, 1.165) is 64.9 Å². The van der Waals surface area contributed by atoms with Gasteiger partial charge in [0, 0.05) is 51.9 Å². The van der Waals surface area contributed by atoms with Crippen LogP contribution in [0.2, 0.25) is 0 Å². The Morgan fingerprint density at radius 3 is 2.67 bits per heavy atom. The fourth-order valence-corrected chi connectivity index (χ4v) is 4.15. The molecule has 2 aliphatic rings. The van der Waals surface area contributed by atoms with Gasteiger partial charge < -0.3 is 20.5 Å². The van der Waals surface area contributed by atoms with Crippen LogP contribution in [0.1, 0.15) is 31.9 Å². The minimum Gasteiger partial charge on any atom is -0.387 e. The van der Waals surface area contributed by atoms with E-state index in [4.69, 9.17) is 4.74 Å². The number of morpholine rings is 1. The molecule has 3 rings (SSSR count). The first kappa shape index (κ1) is 23.0. The molecule has 2 aliphatic heterocycles. The van der Waals surface area contributed by atoms with Crippen LogP contribution in [-0.2, 0) is 17.7 Å². The number of aliphatic hydroxyl groups is 1. The van der Waals surface area contributed by atoms with E-state index in [9.17, 15) is 5.11 Å². The van der Waals surface area contributed by atoms with Crippen molar-refractivity contribution in [1.29, 1.82) is 0 Å². The van der Waals surface area contributed by atoms with Gasteiger partial charge in [-0.3, -0.25) is 14.8 Å². The average Bonchev–Trinajstić information content (AvgIpc) is 2.75. The summed E-state index contributed by atoms with van der Waals surface area (Å²) in [5.74, 6) is 0.768. The third kappa shape index (κ3) is 6.94. The van der Waals surface area contributed by atoms with Crippen molar-refractivity contribution in [2.75, 3.05) is 59.0 Å². The zero-order chi connectivity index (χ0) is 21.4. The molecular formula is C23H39N5O2. The van der Waals surface area contributed by atoms with Crippen molar-refractivity contribution in [3.63, 3.8) is 0 Å². The van der Waals surface area contributed by atoms with Crippen LogP contribution in [0.15, 0.2) is 29.3 Å². The fraction of sp³-hybridized carbons (Fsp3) is 0.696. The molecule has 2 atom stereocenters. The molecule has 0 saturated carbocycles. The van der Waals surface area contributed by atoms with Gasteiger partial charge in [0.1, 0.15) is 0 Å². The molecule has 1 saturated heterocycles. The summed E-state index contributed by atoms with van der Waals surface area (Å²) in [6.45, 7) is 14.1. The van der Waals surface area contributed by atoms with Gasteiger partial charge in [0.15, 0.2) is 5.96 Å². The first-order chi connectivity index (χ1) is 14.5. The molecule has 168 valence electrons. The smallest absolute Gasteiger partial charge is 0.191 e. The van der Waals surface area contributed by atoms with E-state index in [1.807, 2.05) is 6.92 Å². The number of aliphatic imine (C=N–C) groups is 1. The molecule has 1 aromatic carbocycles. The molecule has 30 heavy (non-hydrogen) atoms. The van der Waals surface area contributed by atoms with Gasteiger partial charge in [-0.15, -0.1) is 0 Å². The molecule has 0 radical (unpaired) electrons. The van der Waals surface area contributed by atoms with Crippen LogP contribution in [0, 0.1) is 0 Å². The molecule has 3 N–H and O–H groups in total. The number of guanidine groups is 1. The highest BCUT2D eigenvalue weighted by molar-refractivity contribution is 5.79. The Hall–Kier alpha value is -1.67. The Labute approximate surface area is 181 Å². The summed E-state index contributed by atoms with van der Waals surface area (Å²) in [5, 5.41) is 17.6. The zero-order valence-electron chi connectivity index (χ0n) is 18.9. The summed E-state index contributed by atoms with van der Waals surface area (Å²) in [5.41, 5.74) is 2.06. The molecule has 1 aromatic rings. The van der Waals surface area contributed by atoms with Crippen molar-refractivity contribution in [1.82, 2.24) is 20.4 Å². The normalized spacial score (nSPS) is 21.5. The molecule has 7 nitrogen and oxygen atoms in total. The second-order valence-corrected chi connectivity index (χ2v) is 8.80. The molecule has 1 fully saturated rings. The van der Waals surface area contributed by atoms with Gasteiger partial charge in [0.05, 0.1) is 25.4 Å². The lowest BCUT2D eigenvalue weighted by Gasteiger charge is -2.34. The summed E-state index contributed by atoms with van der Waals surface area (Å²) in [6, 6.07) is 9.14. The highest BCUT2D eigenvalue weighted by atomic mass is 16.5. The molecule has 2 unspecified atom stereocenters. The van der Waals surface area contributed by atoms with Crippen LogP contribution in [0.3, 0.4) is 0 Å². The van der Waals surface area contributed by atoms with Crippen molar-refractivity contribution in [2.45, 2.75) is 45.4 Å². The van der Waals surface area contributed by atoms with Gasteiger partial charge in [-0.05, 0) is 38.3 Å². The van der Waals surface area contributed by atoms with E-state index < -0.39 is 5.60 Å². The molecular weight excluding hydrogens is 378 g/mol. The van der Waals surface area contributed by atoms with E-state index in [1.54, 1.807) is 0 Å². The van der Waals surface area contributed by atoms with Crippen LogP contribution in [0.4, 0.5) is 0 Å². The van der Waals surface area contributed by atoms with Crippen LogP contribution >= 0.6 is 0 Å². The Bertz CT molecular complexity index is 688. The number of hydrogen-bond acceptors (Lipinski definition) is 5. The van der Waals surface area contributed by atoms with Crippen molar-refractivity contribution in [3.05, 3.63) is 35.4 Å². The largest absolute Gasteiger partial charge is 0.387 e. The highest BCUT2D eigenvalue weighted by Crippen LogP contribution is 2.20. The molecule has 0 aliphatic carbocycles. The lowest BCUT2D eigenvalue weighted by molar-refractivity contribution is -0.0180. The Kier molecular flexibility index (Phi) is 8.50. The summed E-state index contributed by atoms with van der Waals surface area (Å²) in [7, 11) is 0. The van der Waals surface area contributed by atoms with Crippen molar-refractivity contribution < 1.29 is 9.84 Å². The van der Waals surface area contributed by atoms with Gasteiger partial charge in [-0.25, -0.2) is 0 Å². The number of rotatable bonds is 8. The molecule has 2 heterocycles. The number of benzene rings is 1. The molecule has 7 heteroatoms. The third-order valence-electron chi connectivity index (χ3n) is 5.94. The van der Waals surface area contributed by atoms with Crippen molar-refractivity contribution in [2.24, 2.45) is 4.99 Å². The van der Waals surface area contributed by atoms with Crippen LogP contribution in [0.25, 0.3) is 0 Å². The second kappa shape index (κ2) is 11.1. The van der Waals surface area contributed by atoms with Gasteiger partial charge in [-0.1, -0.05) is 24.3 Å². The zero-order valence-corrected chi connectivity index (χ0v) is 18.9. The lowest BCUT2D eigenvalue weighted by atomic mass is 9.99. The predicted octanol–water partition coefficient (Wildman–Crippen LogP) is 1.07. The summed E-state index contributed by atoms with van der Waals surface area (Å²) < 4.78 is 5.39. The summed E-state index contributed by atoms with van der Waals surface area (Å²) in [4.78, 5) is 9.44. The average molecular weight is 418 g/mol. The minimum atomic E-state index is -0.859. The number of nitrogens with one attached hydrogen (secondary N) is 2. The second-order valence-electron chi connectivity index (χ2n) is 8.80. The lowest BCUT2D eigenvalue weighted by Crippen LogP contribution is -2.49. The molecule has 0 spiro atoms. The SMILES string of the molecule is CCNC(=NCC(C)(O)CN1CCOCC1)NCC(C)N1CCc2ccccc2C1. The maximum absolute atomic E-state index is 10.8. The standard InChI is InChI=1S/C23H39N5O2/c1-4-24-22(26-17-23(3,29)18-27-11-13-30-14-12-27)25-15-19(2)28-10-9-20-7-5-6-8-21(20)16-28/h5-8,19,29H,4,9-18H2,1-3H3,(H2,24,25,26). The molecule has 0 bridgehead atoms. The number of β-amino-alcohol motifs (C(OH)–C–C–N with tert-alkyl or cyclic N) is 1. The van der Waals surface area contributed by atoms with E-state index >= 15 is 0 Å². The maximum atomic E-state index is 10.8. The van der Waals surface area contributed by atoms with Crippen LogP contribution < -0.4 is 10.6 Å². The molecule has 0 amide bonds. The Morgan fingerprint density at radius 1 is 1.20 bits per heavy atom. The van der Waals surface area contributed by atoms with Crippen LogP contribution in [0.5, 0.6) is 0 Å². The predicted molar refractivity (Wildman–Crippen MR) is 122 cm³/mol. The van der Waals surface area contributed by atoms with Gasteiger partial charge in [-0.2, -0.15) is 0 Å². The highest BCUT2D eigenvalue weighted by Gasteiger charge is 2.25. The fourth-order valence-electron chi connectivity index (χ4n) is 4.15. The monoisotopic (exact) mass is 417 g/mol. The number of nitrogens with zero attached hydrogens (tertiary/aromatic N) is 3. The first-order valence-corrected chi connectivity index (χ1v) is 11.3. The third-order valence-corrected chi connectivity index (χ3v) is 5.94. The summed E-state index contributed by atoms with van der Waals surface area (Å²) >= 11 is 0. The topological polar surface area (TPSA) is 72.4 Å². The van der Waals surface area contributed by atoms with Crippen LogP contribution in [-0.4, -0.2) is 91.5 Å². The number of ether oxygens (including phenoxy) is 1. The van der Waals surface area contributed by atoms with E-state index in [2.05, 4.69) is 63.5 Å². The van der Waals surface area contributed by atoms with Gasteiger partial charge in [0.2, 0.25) is 0 Å². The number of hydrogen-bond donors (Lipinski definition) is 3. The van der Waals surface area contributed by atoms with Gasteiger partial charge in [0.25, 0.3) is 0 Å². The van der Waals surface area contributed by atoms with Gasteiger partial charge >= 0.3 is 0 Å². The van der Waals surface area contributed by atoms with E-state index in [0.29, 0.717) is 19.1 Å². The van der Waals surface area contributed by atoms with Crippen molar-refractivity contribution in [3.8, 4) is 0 Å². The maximum Gasteiger partial charge on any atom is 0.191 e. The Morgan fingerprint density at radius 2 is 1.93 bits per heavy atom. The van der Waals surface area contributed by atoms with E-state index in [1.165, 1.54) is 11.1 Å².